The zero-order valence-corrected chi connectivity index (χ0v) is 16.2. The number of carbonyl (C=O) groups excluding carboxylic acids is 1. The second-order valence-electron chi connectivity index (χ2n) is 7.10. The molecule has 0 aliphatic carbocycles. The number of nitrogens with two attached hydrogens (primary N) is 1. The van der Waals surface area contributed by atoms with Crippen LogP contribution in [0.2, 0.25) is 0 Å². The van der Waals surface area contributed by atoms with E-state index in [1.807, 2.05) is 0 Å². The first-order valence-electron chi connectivity index (χ1n) is 9.12. The Morgan fingerprint density at radius 2 is 1.93 bits per heavy atom. The van der Waals surface area contributed by atoms with E-state index in [1.165, 1.54) is 4.90 Å². The van der Waals surface area contributed by atoms with Crippen molar-refractivity contribution in [1.29, 1.82) is 0 Å². The Kier molecular flexibility index (Phi) is 4.81. The molecule has 0 radical (unpaired) electrons. The zero-order chi connectivity index (χ0) is 21.6. The molecule has 1 atom stereocenters. The smallest absolute Gasteiger partial charge is 0.383 e. The first-order chi connectivity index (χ1) is 14.2. The SMILES string of the molecule is CC(c1cnc(C(F)(F)F)cn1)N(C)C(=O)c1ccc2nc(N)c3c(c2c1)COC3. The van der Waals surface area contributed by atoms with Crippen LogP contribution in [0.25, 0.3) is 10.9 Å². The molecule has 3 heterocycles. The number of halogens is 3. The summed E-state index contributed by atoms with van der Waals surface area (Å²) in [7, 11) is 1.56. The fourth-order valence-electron chi connectivity index (χ4n) is 3.38. The second kappa shape index (κ2) is 7.21. The molecule has 0 bridgehead atoms. The lowest BCUT2D eigenvalue weighted by atomic mass is 10.0. The molecule has 0 saturated carbocycles. The number of alkyl halides is 3. The summed E-state index contributed by atoms with van der Waals surface area (Å²) in [4.78, 5) is 26.0. The van der Waals surface area contributed by atoms with Gasteiger partial charge < -0.3 is 15.4 Å². The van der Waals surface area contributed by atoms with Crippen LogP contribution in [-0.2, 0) is 24.1 Å². The number of nitrogens with zero attached hydrogens (tertiary/aromatic N) is 4. The molecule has 0 fully saturated rings. The Hall–Kier alpha value is -3.27. The Bertz CT molecular complexity index is 1130. The number of anilines is 1. The van der Waals surface area contributed by atoms with Crippen LogP contribution < -0.4 is 5.73 Å². The largest absolute Gasteiger partial charge is 0.434 e. The molecule has 1 amide bonds. The van der Waals surface area contributed by atoms with Gasteiger partial charge in [0.1, 0.15) is 5.82 Å². The van der Waals surface area contributed by atoms with E-state index in [-0.39, 0.29) is 11.6 Å². The van der Waals surface area contributed by atoms with Gasteiger partial charge in [0.2, 0.25) is 0 Å². The molecule has 7 nitrogen and oxygen atoms in total. The van der Waals surface area contributed by atoms with Crippen molar-refractivity contribution in [2.75, 3.05) is 12.8 Å². The van der Waals surface area contributed by atoms with E-state index in [4.69, 9.17) is 10.5 Å². The van der Waals surface area contributed by atoms with Crippen molar-refractivity contribution in [2.24, 2.45) is 0 Å². The van der Waals surface area contributed by atoms with Gasteiger partial charge in [0.15, 0.2) is 5.69 Å². The predicted octanol–water partition coefficient (Wildman–Crippen LogP) is 3.49. The van der Waals surface area contributed by atoms with Gasteiger partial charge in [-0.1, -0.05) is 0 Å². The highest BCUT2D eigenvalue weighted by atomic mass is 19.4. The summed E-state index contributed by atoms with van der Waals surface area (Å²) < 4.78 is 43.5. The molecule has 1 aliphatic heterocycles. The van der Waals surface area contributed by atoms with Crippen molar-refractivity contribution in [3.8, 4) is 0 Å². The minimum Gasteiger partial charge on any atom is -0.383 e. The summed E-state index contributed by atoms with van der Waals surface area (Å²) in [6.07, 6.45) is -2.86. The van der Waals surface area contributed by atoms with E-state index in [0.29, 0.717) is 36.3 Å². The van der Waals surface area contributed by atoms with Crippen LogP contribution in [0.4, 0.5) is 19.0 Å². The second-order valence-corrected chi connectivity index (χ2v) is 7.10. The van der Waals surface area contributed by atoms with E-state index in [2.05, 4.69) is 15.0 Å². The molecule has 3 aromatic rings. The van der Waals surface area contributed by atoms with Crippen molar-refractivity contribution >= 4 is 22.6 Å². The van der Waals surface area contributed by atoms with Gasteiger partial charge in [0.05, 0.1) is 42.9 Å². The summed E-state index contributed by atoms with van der Waals surface area (Å²) in [5, 5.41) is 0.790. The molecule has 156 valence electrons. The van der Waals surface area contributed by atoms with Gasteiger partial charge in [-0.15, -0.1) is 0 Å². The quantitative estimate of drug-likeness (QED) is 0.701. The maximum Gasteiger partial charge on any atom is 0.434 e. The standard InChI is InChI=1S/C20H18F3N5O2/c1-10(16-6-26-17(7-25-16)20(21,22)23)28(2)19(29)11-3-4-15-12(5-11)13-8-30-9-14(13)18(24)27-15/h3-7,10H,8-9H2,1-2H3,(H2,24,27). The van der Waals surface area contributed by atoms with E-state index in [0.717, 1.165) is 22.7 Å². The number of pyridine rings is 1. The van der Waals surface area contributed by atoms with Crippen molar-refractivity contribution in [3.63, 3.8) is 0 Å². The Labute approximate surface area is 169 Å². The van der Waals surface area contributed by atoms with Gasteiger partial charge in [-0.05, 0) is 30.7 Å². The first-order valence-corrected chi connectivity index (χ1v) is 9.12. The third-order valence-corrected chi connectivity index (χ3v) is 5.27. The summed E-state index contributed by atoms with van der Waals surface area (Å²) in [5.41, 5.74) is 7.97. The van der Waals surface area contributed by atoms with Crippen LogP contribution in [0.3, 0.4) is 0 Å². The number of nitrogen functional groups attached to an aromatic ring is 1. The molecule has 1 aliphatic rings. The maximum atomic E-state index is 13.0. The highest BCUT2D eigenvalue weighted by Crippen LogP contribution is 2.32. The Morgan fingerprint density at radius 3 is 2.60 bits per heavy atom. The molecule has 1 unspecified atom stereocenters. The highest BCUT2D eigenvalue weighted by molar-refractivity contribution is 5.99. The predicted molar refractivity (Wildman–Crippen MR) is 102 cm³/mol. The number of rotatable bonds is 3. The van der Waals surface area contributed by atoms with Gasteiger partial charge in [0.25, 0.3) is 5.91 Å². The summed E-state index contributed by atoms with van der Waals surface area (Å²) in [6, 6.07) is 4.51. The molecule has 10 heteroatoms. The van der Waals surface area contributed by atoms with Crippen molar-refractivity contribution in [2.45, 2.75) is 32.4 Å². The van der Waals surface area contributed by atoms with E-state index < -0.39 is 17.9 Å². The summed E-state index contributed by atoms with van der Waals surface area (Å²) in [6.45, 7) is 2.44. The fraction of sp³-hybridized carbons (Fsp3) is 0.300. The molecule has 0 spiro atoms. The van der Waals surface area contributed by atoms with E-state index >= 15 is 0 Å². The number of fused-ring (bicyclic) bond motifs is 3. The van der Waals surface area contributed by atoms with Gasteiger partial charge in [0, 0.05) is 23.6 Å². The lowest BCUT2D eigenvalue weighted by Gasteiger charge is -2.24. The number of benzene rings is 1. The topological polar surface area (TPSA) is 94.2 Å². The molecule has 0 saturated heterocycles. The van der Waals surface area contributed by atoms with Crippen LogP contribution in [0.1, 0.15) is 45.8 Å². The van der Waals surface area contributed by atoms with Gasteiger partial charge >= 0.3 is 6.18 Å². The monoisotopic (exact) mass is 417 g/mol. The zero-order valence-electron chi connectivity index (χ0n) is 16.2. The lowest BCUT2D eigenvalue weighted by molar-refractivity contribution is -0.141. The number of carbonyl (C=O) groups is 1. The molecule has 1 aromatic carbocycles. The highest BCUT2D eigenvalue weighted by Gasteiger charge is 2.33. The number of aromatic nitrogens is 3. The number of hydrogen-bond acceptors (Lipinski definition) is 6. The fourth-order valence-corrected chi connectivity index (χ4v) is 3.38. The summed E-state index contributed by atoms with van der Waals surface area (Å²) >= 11 is 0. The van der Waals surface area contributed by atoms with Crippen LogP contribution in [0.5, 0.6) is 0 Å². The normalized spacial score (nSPS) is 14.6. The molecular weight excluding hydrogens is 399 g/mol. The molecule has 2 N–H and O–H groups in total. The van der Waals surface area contributed by atoms with E-state index in [9.17, 15) is 18.0 Å². The molecular formula is C20H18F3N5O2. The number of hydrogen-bond donors (Lipinski definition) is 1. The number of ether oxygens (including phenoxy) is 1. The average Bonchev–Trinajstić information content (AvgIpc) is 3.22. The van der Waals surface area contributed by atoms with Crippen LogP contribution in [0.15, 0.2) is 30.6 Å². The Balaban J connectivity index is 1.62. The lowest BCUT2D eigenvalue weighted by Crippen LogP contribution is -2.30. The van der Waals surface area contributed by atoms with Gasteiger partial charge in [-0.2, -0.15) is 13.2 Å². The summed E-state index contributed by atoms with van der Waals surface area (Å²) in [5.74, 6) is 0.108. The van der Waals surface area contributed by atoms with Gasteiger partial charge in [-0.25, -0.2) is 9.97 Å². The third-order valence-electron chi connectivity index (χ3n) is 5.27. The van der Waals surface area contributed by atoms with E-state index in [1.54, 1.807) is 32.2 Å². The third kappa shape index (κ3) is 3.43. The minimum absolute atomic E-state index is 0.253. The maximum absolute atomic E-state index is 13.0. The first kappa shape index (κ1) is 20.0. The Morgan fingerprint density at radius 1 is 1.20 bits per heavy atom. The van der Waals surface area contributed by atoms with Crippen LogP contribution >= 0.6 is 0 Å². The molecule has 4 rings (SSSR count). The van der Waals surface area contributed by atoms with Crippen molar-refractivity contribution in [1.82, 2.24) is 19.9 Å². The van der Waals surface area contributed by atoms with Crippen LogP contribution in [-0.4, -0.2) is 32.8 Å². The van der Waals surface area contributed by atoms with Crippen LogP contribution in [0, 0.1) is 0 Å². The van der Waals surface area contributed by atoms with Crippen molar-refractivity contribution < 1.29 is 22.7 Å². The average molecular weight is 417 g/mol. The molecule has 2 aromatic heterocycles. The minimum atomic E-state index is -4.57. The number of amides is 1. The van der Waals surface area contributed by atoms with Gasteiger partial charge in [-0.3, -0.25) is 9.78 Å². The molecule has 30 heavy (non-hydrogen) atoms. The van der Waals surface area contributed by atoms with Crippen molar-refractivity contribution in [3.05, 3.63) is 58.7 Å².